The van der Waals surface area contributed by atoms with Crippen molar-refractivity contribution in [3.8, 4) is 0 Å². The summed E-state index contributed by atoms with van der Waals surface area (Å²) in [6.07, 6.45) is 0. The molecule has 2 aromatic rings. The third kappa shape index (κ3) is 2.35. The summed E-state index contributed by atoms with van der Waals surface area (Å²) < 4.78 is 0. The zero-order valence-electron chi connectivity index (χ0n) is 13.7. The van der Waals surface area contributed by atoms with Crippen molar-refractivity contribution in [2.45, 2.75) is 26.2 Å². The molecule has 22 heavy (non-hydrogen) atoms. The number of hydrogen-bond donors (Lipinski definition) is 0. The molecule has 0 radical (unpaired) electrons. The predicted molar refractivity (Wildman–Crippen MR) is 85.5 cm³/mol. The first kappa shape index (κ1) is 16.7. The Morgan fingerprint density at radius 3 is 1.82 bits per heavy atom. The summed E-state index contributed by atoms with van der Waals surface area (Å²) in [5.41, 5.74) is 4.72. The predicted octanol–water partition coefficient (Wildman–Crippen LogP) is 1.07. The molecule has 0 heterocycles. The second-order valence-corrected chi connectivity index (χ2v) is 5.81. The number of hydrogen-bond acceptors (Lipinski definition) is 1. The molecular formula is C20H19LiO. The summed E-state index contributed by atoms with van der Waals surface area (Å²) >= 11 is 0. The summed E-state index contributed by atoms with van der Waals surface area (Å²) in [6.45, 7) is 6.05. The van der Waals surface area contributed by atoms with Gasteiger partial charge in [0.2, 0.25) is 0 Å². The minimum Gasteiger partial charge on any atom is -0.874 e. The first-order valence-electron chi connectivity index (χ1n) is 7.28. The van der Waals surface area contributed by atoms with Crippen molar-refractivity contribution in [2.24, 2.45) is 0 Å². The molecule has 0 saturated heterocycles. The molecule has 1 aliphatic rings. The fourth-order valence-electron chi connectivity index (χ4n) is 3.38. The van der Waals surface area contributed by atoms with Crippen LogP contribution in [0.3, 0.4) is 0 Å². The van der Waals surface area contributed by atoms with Gasteiger partial charge in [-0.2, -0.15) is 0 Å². The first-order valence-corrected chi connectivity index (χ1v) is 7.28. The molecule has 106 valence electrons. The van der Waals surface area contributed by atoms with Crippen LogP contribution in [0.5, 0.6) is 0 Å². The molecule has 1 atom stereocenters. The minimum absolute atomic E-state index is 0. The summed E-state index contributed by atoms with van der Waals surface area (Å²) in [4.78, 5) is 0. The van der Waals surface area contributed by atoms with E-state index >= 15 is 0 Å². The Hall–Kier alpha value is -1.68. The van der Waals surface area contributed by atoms with Gasteiger partial charge in [0.25, 0.3) is 0 Å². The maximum Gasteiger partial charge on any atom is 1.00 e. The Morgan fingerprint density at radius 1 is 0.773 bits per heavy atom. The summed E-state index contributed by atoms with van der Waals surface area (Å²) in [5.74, 6) is 0.213. The maximum atomic E-state index is 12.9. The molecule has 0 spiro atoms. The molecule has 1 nitrogen and oxygen atoms in total. The van der Waals surface area contributed by atoms with Crippen molar-refractivity contribution in [1.29, 1.82) is 0 Å². The van der Waals surface area contributed by atoms with Crippen LogP contribution in [0.15, 0.2) is 77.6 Å². The molecule has 2 heteroatoms. The largest absolute Gasteiger partial charge is 1.00 e. The molecule has 0 saturated carbocycles. The van der Waals surface area contributed by atoms with E-state index in [0.29, 0.717) is 0 Å². The van der Waals surface area contributed by atoms with Gasteiger partial charge in [-0.25, -0.2) is 0 Å². The van der Waals surface area contributed by atoms with E-state index in [9.17, 15) is 5.11 Å². The molecular weight excluding hydrogens is 263 g/mol. The Labute approximate surface area is 144 Å². The van der Waals surface area contributed by atoms with E-state index in [1.807, 2.05) is 62.4 Å². The first-order chi connectivity index (χ1) is 10.1. The van der Waals surface area contributed by atoms with E-state index in [1.54, 1.807) is 0 Å². The van der Waals surface area contributed by atoms with Gasteiger partial charge in [-0.05, 0) is 43.0 Å². The van der Waals surface area contributed by atoms with Gasteiger partial charge in [-0.1, -0.05) is 66.2 Å². The van der Waals surface area contributed by atoms with Gasteiger partial charge >= 0.3 is 18.9 Å². The zero-order chi connectivity index (χ0) is 15.0. The van der Waals surface area contributed by atoms with Crippen molar-refractivity contribution >= 4 is 5.57 Å². The summed E-state index contributed by atoms with van der Waals surface area (Å²) in [6, 6.07) is 20.3. The van der Waals surface area contributed by atoms with Gasteiger partial charge in [0.15, 0.2) is 0 Å². The minimum atomic E-state index is -0.587. The molecule has 1 aliphatic carbocycles. The van der Waals surface area contributed by atoms with Crippen LogP contribution >= 0.6 is 0 Å². The van der Waals surface area contributed by atoms with Crippen LogP contribution < -0.4 is 24.0 Å². The Morgan fingerprint density at radius 2 is 1.27 bits per heavy atom. The molecule has 0 aliphatic heterocycles. The second-order valence-electron chi connectivity index (χ2n) is 5.81. The smallest absolute Gasteiger partial charge is 0.874 e. The monoisotopic (exact) mass is 282 g/mol. The maximum absolute atomic E-state index is 12.9. The quantitative estimate of drug-likeness (QED) is 0.756. The third-order valence-electron chi connectivity index (χ3n) is 4.65. The summed E-state index contributed by atoms with van der Waals surface area (Å²) in [7, 11) is 0. The van der Waals surface area contributed by atoms with Crippen molar-refractivity contribution in [3.05, 3.63) is 88.7 Å². The zero-order valence-corrected chi connectivity index (χ0v) is 13.7. The summed E-state index contributed by atoms with van der Waals surface area (Å²) in [5, 5.41) is 12.9. The molecule has 0 fully saturated rings. The van der Waals surface area contributed by atoms with Gasteiger partial charge in [0.1, 0.15) is 0 Å². The van der Waals surface area contributed by atoms with E-state index in [0.717, 1.165) is 27.8 Å². The second kappa shape index (κ2) is 6.21. The number of rotatable bonds is 2. The van der Waals surface area contributed by atoms with E-state index in [4.69, 9.17) is 0 Å². The SMILES string of the molecule is CC1=C([O-])C(C)(c2ccccc2)C(c2ccccc2)=C1C.[Li+]. The molecule has 2 aromatic carbocycles. The molecule has 0 amide bonds. The van der Waals surface area contributed by atoms with Crippen LogP contribution in [-0.2, 0) is 5.41 Å². The molecule has 0 aromatic heterocycles. The van der Waals surface area contributed by atoms with Crippen LogP contribution in [-0.4, -0.2) is 0 Å². The van der Waals surface area contributed by atoms with Gasteiger partial charge in [-0.3, -0.25) is 0 Å². The Balaban J connectivity index is 0.00000176. The normalized spacial score (nSPS) is 21.0. The van der Waals surface area contributed by atoms with Crippen LogP contribution in [0.1, 0.15) is 31.9 Å². The molecule has 0 bridgehead atoms. The average molecular weight is 282 g/mol. The van der Waals surface area contributed by atoms with Crippen LogP contribution in [0, 0.1) is 0 Å². The Bertz CT molecular complexity index is 729. The standard InChI is InChI=1S/C20H20O.Li/c1-14-15(2)19(21)20(3,17-12-8-5-9-13-17)18(14)16-10-6-4-7-11-16;/h4-13,21H,1-3H3;/q;+1/p-1. The van der Waals surface area contributed by atoms with E-state index in [-0.39, 0.29) is 24.6 Å². The van der Waals surface area contributed by atoms with Crippen molar-refractivity contribution in [2.75, 3.05) is 0 Å². The molecule has 1 unspecified atom stereocenters. The van der Waals surface area contributed by atoms with Crippen LogP contribution in [0.4, 0.5) is 0 Å². The van der Waals surface area contributed by atoms with E-state index < -0.39 is 5.41 Å². The van der Waals surface area contributed by atoms with Crippen LogP contribution in [0.25, 0.3) is 5.57 Å². The van der Waals surface area contributed by atoms with Gasteiger partial charge < -0.3 is 5.11 Å². The number of benzene rings is 2. The van der Waals surface area contributed by atoms with Crippen molar-refractivity contribution in [1.82, 2.24) is 0 Å². The van der Waals surface area contributed by atoms with E-state index in [2.05, 4.69) is 19.1 Å². The Kier molecular flexibility index (Phi) is 4.71. The molecule has 3 rings (SSSR count). The third-order valence-corrected chi connectivity index (χ3v) is 4.65. The van der Waals surface area contributed by atoms with Gasteiger partial charge in [0, 0.05) is 5.41 Å². The number of allylic oxidation sites excluding steroid dienone is 3. The van der Waals surface area contributed by atoms with E-state index in [1.165, 1.54) is 0 Å². The average Bonchev–Trinajstić information content (AvgIpc) is 2.71. The topological polar surface area (TPSA) is 23.1 Å². The fourth-order valence-corrected chi connectivity index (χ4v) is 3.38. The van der Waals surface area contributed by atoms with Gasteiger partial charge in [0.05, 0.1) is 0 Å². The van der Waals surface area contributed by atoms with Crippen molar-refractivity contribution < 1.29 is 24.0 Å². The van der Waals surface area contributed by atoms with Crippen LogP contribution in [0.2, 0.25) is 0 Å². The molecule has 0 N–H and O–H groups in total. The van der Waals surface area contributed by atoms with Gasteiger partial charge in [-0.15, -0.1) is 5.76 Å². The van der Waals surface area contributed by atoms with Crippen molar-refractivity contribution in [3.63, 3.8) is 0 Å². The fraction of sp³-hybridized carbons (Fsp3) is 0.200.